The van der Waals surface area contributed by atoms with E-state index in [0.29, 0.717) is 22.3 Å². The van der Waals surface area contributed by atoms with Crippen molar-refractivity contribution >= 4 is 29.0 Å². The SMILES string of the molecule is Nc1ncnc2n[nH]c(C=Cc3ccc(C(F)(F)F)cc3)c12. The van der Waals surface area contributed by atoms with Gasteiger partial charge in [-0.3, -0.25) is 5.10 Å². The van der Waals surface area contributed by atoms with E-state index in [1.165, 1.54) is 18.5 Å². The highest BCUT2D eigenvalue weighted by Gasteiger charge is 2.29. The Balaban J connectivity index is 1.90. The minimum absolute atomic E-state index is 0.283. The molecule has 0 fully saturated rings. The maximum Gasteiger partial charge on any atom is 0.416 e. The van der Waals surface area contributed by atoms with E-state index in [2.05, 4.69) is 20.2 Å². The van der Waals surface area contributed by atoms with Crippen LogP contribution in [0.1, 0.15) is 16.8 Å². The molecule has 2 aromatic heterocycles. The fraction of sp³-hybridized carbons (Fsp3) is 0.0714. The van der Waals surface area contributed by atoms with Crippen LogP contribution in [0.2, 0.25) is 0 Å². The maximum atomic E-state index is 12.5. The number of benzene rings is 1. The molecule has 112 valence electrons. The summed E-state index contributed by atoms with van der Waals surface area (Å²) < 4.78 is 37.5. The number of halogens is 3. The zero-order valence-corrected chi connectivity index (χ0v) is 11.1. The fourth-order valence-corrected chi connectivity index (χ4v) is 1.99. The van der Waals surface area contributed by atoms with Crippen LogP contribution < -0.4 is 5.73 Å². The number of nitrogen functional groups attached to an aromatic ring is 1. The number of rotatable bonds is 2. The number of aromatic nitrogens is 4. The second kappa shape index (κ2) is 5.14. The molecule has 0 spiro atoms. The lowest BCUT2D eigenvalue weighted by Crippen LogP contribution is -2.03. The van der Waals surface area contributed by atoms with Gasteiger partial charge in [0.25, 0.3) is 0 Å². The Bertz CT molecular complexity index is 834. The highest BCUT2D eigenvalue weighted by atomic mass is 19.4. The molecule has 22 heavy (non-hydrogen) atoms. The summed E-state index contributed by atoms with van der Waals surface area (Å²) in [6.45, 7) is 0. The molecular weight excluding hydrogens is 295 g/mol. The van der Waals surface area contributed by atoms with E-state index >= 15 is 0 Å². The third kappa shape index (κ3) is 2.62. The van der Waals surface area contributed by atoms with Gasteiger partial charge >= 0.3 is 6.18 Å². The van der Waals surface area contributed by atoms with Crippen molar-refractivity contribution in [3.63, 3.8) is 0 Å². The first-order valence-electron chi connectivity index (χ1n) is 6.25. The Morgan fingerprint density at radius 3 is 2.45 bits per heavy atom. The van der Waals surface area contributed by atoms with Gasteiger partial charge in [-0.15, -0.1) is 0 Å². The number of H-pyrrole nitrogens is 1. The van der Waals surface area contributed by atoms with E-state index in [9.17, 15) is 13.2 Å². The zero-order chi connectivity index (χ0) is 15.7. The van der Waals surface area contributed by atoms with Crippen LogP contribution in [0.3, 0.4) is 0 Å². The van der Waals surface area contributed by atoms with Crippen molar-refractivity contribution in [2.45, 2.75) is 6.18 Å². The van der Waals surface area contributed by atoms with Gasteiger partial charge in [-0.05, 0) is 23.8 Å². The van der Waals surface area contributed by atoms with Gasteiger partial charge in [-0.2, -0.15) is 18.3 Å². The quantitative estimate of drug-likeness (QED) is 0.762. The van der Waals surface area contributed by atoms with Crippen molar-refractivity contribution < 1.29 is 13.2 Å². The molecular formula is C14H10F3N5. The van der Waals surface area contributed by atoms with Crippen molar-refractivity contribution in [1.29, 1.82) is 0 Å². The third-order valence-corrected chi connectivity index (χ3v) is 3.09. The topological polar surface area (TPSA) is 80.5 Å². The second-order valence-electron chi connectivity index (χ2n) is 4.55. The molecule has 0 unspecified atom stereocenters. The Kier molecular flexibility index (Phi) is 3.28. The van der Waals surface area contributed by atoms with Crippen molar-refractivity contribution in [2.24, 2.45) is 0 Å². The van der Waals surface area contributed by atoms with E-state index in [-0.39, 0.29) is 5.82 Å². The number of fused-ring (bicyclic) bond motifs is 1. The van der Waals surface area contributed by atoms with Crippen LogP contribution in [0.5, 0.6) is 0 Å². The molecule has 0 saturated heterocycles. The Hall–Kier alpha value is -2.90. The molecule has 0 saturated carbocycles. The number of hydrogen-bond donors (Lipinski definition) is 2. The van der Waals surface area contributed by atoms with E-state index in [4.69, 9.17) is 5.73 Å². The van der Waals surface area contributed by atoms with E-state index in [1.54, 1.807) is 12.2 Å². The van der Waals surface area contributed by atoms with E-state index in [1.807, 2.05) is 0 Å². The Labute approximate surface area is 122 Å². The first kappa shape index (κ1) is 14.1. The lowest BCUT2D eigenvalue weighted by Gasteiger charge is -2.05. The summed E-state index contributed by atoms with van der Waals surface area (Å²) in [4.78, 5) is 7.85. The number of nitrogens with one attached hydrogen (secondary N) is 1. The molecule has 0 radical (unpaired) electrons. The molecule has 1 aromatic carbocycles. The summed E-state index contributed by atoms with van der Waals surface area (Å²) >= 11 is 0. The molecule has 3 aromatic rings. The van der Waals surface area contributed by atoms with Crippen LogP contribution in [-0.2, 0) is 6.18 Å². The number of anilines is 1. The standard InChI is InChI=1S/C14H10F3N5/c15-14(16,17)9-4-1-8(2-5-9)3-6-10-11-12(18)19-7-20-13(11)22-21-10/h1-7H,(H3,18,19,20,21,22). The highest BCUT2D eigenvalue weighted by molar-refractivity contribution is 5.94. The molecule has 8 heteroatoms. The average molecular weight is 305 g/mol. The van der Waals surface area contributed by atoms with Crippen LogP contribution >= 0.6 is 0 Å². The van der Waals surface area contributed by atoms with Crippen molar-refractivity contribution in [3.05, 3.63) is 47.4 Å². The lowest BCUT2D eigenvalue weighted by molar-refractivity contribution is -0.137. The van der Waals surface area contributed by atoms with Gasteiger partial charge < -0.3 is 5.73 Å². The third-order valence-electron chi connectivity index (χ3n) is 3.09. The molecule has 3 N–H and O–H groups in total. The Morgan fingerprint density at radius 2 is 1.77 bits per heavy atom. The normalized spacial score (nSPS) is 12.3. The van der Waals surface area contributed by atoms with E-state index in [0.717, 1.165) is 12.1 Å². The van der Waals surface area contributed by atoms with Crippen molar-refractivity contribution in [1.82, 2.24) is 20.2 Å². The van der Waals surface area contributed by atoms with Crippen LogP contribution in [0.4, 0.5) is 19.0 Å². The minimum Gasteiger partial charge on any atom is -0.383 e. The van der Waals surface area contributed by atoms with Crippen LogP contribution in [-0.4, -0.2) is 20.2 Å². The van der Waals surface area contributed by atoms with Gasteiger partial charge in [0.05, 0.1) is 16.6 Å². The summed E-state index contributed by atoms with van der Waals surface area (Å²) in [6, 6.07) is 4.83. The monoisotopic (exact) mass is 305 g/mol. The van der Waals surface area contributed by atoms with Crippen LogP contribution in [0.25, 0.3) is 23.2 Å². The summed E-state index contributed by atoms with van der Waals surface area (Å²) in [7, 11) is 0. The fourth-order valence-electron chi connectivity index (χ4n) is 1.99. The molecule has 0 atom stereocenters. The van der Waals surface area contributed by atoms with Gasteiger partial charge in [0.15, 0.2) is 5.65 Å². The molecule has 0 aliphatic carbocycles. The van der Waals surface area contributed by atoms with Gasteiger partial charge in [0.1, 0.15) is 12.1 Å². The predicted molar refractivity (Wildman–Crippen MR) is 76.5 cm³/mol. The summed E-state index contributed by atoms with van der Waals surface area (Å²) in [6.07, 6.45) is 0.284. The molecule has 0 aliphatic rings. The molecule has 5 nitrogen and oxygen atoms in total. The Morgan fingerprint density at radius 1 is 1.05 bits per heavy atom. The zero-order valence-electron chi connectivity index (χ0n) is 11.1. The summed E-state index contributed by atoms with van der Waals surface area (Å²) in [5, 5.41) is 7.32. The molecule has 3 rings (SSSR count). The summed E-state index contributed by atoms with van der Waals surface area (Å²) in [5.41, 5.74) is 6.72. The van der Waals surface area contributed by atoms with Gasteiger partial charge in [-0.1, -0.05) is 18.2 Å². The number of nitrogens with two attached hydrogens (primary N) is 1. The van der Waals surface area contributed by atoms with Gasteiger partial charge in [0, 0.05) is 0 Å². The molecule has 0 aliphatic heterocycles. The molecule has 0 bridgehead atoms. The molecule has 0 amide bonds. The number of aromatic amines is 1. The van der Waals surface area contributed by atoms with Crippen LogP contribution in [0, 0.1) is 0 Å². The molecule has 2 heterocycles. The van der Waals surface area contributed by atoms with Crippen LogP contribution in [0.15, 0.2) is 30.6 Å². The predicted octanol–water partition coefficient (Wildman–Crippen LogP) is 3.12. The minimum atomic E-state index is -4.34. The maximum absolute atomic E-state index is 12.5. The smallest absolute Gasteiger partial charge is 0.383 e. The number of alkyl halides is 3. The highest BCUT2D eigenvalue weighted by Crippen LogP contribution is 2.29. The van der Waals surface area contributed by atoms with E-state index < -0.39 is 11.7 Å². The van der Waals surface area contributed by atoms with Crippen molar-refractivity contribution in [3.8, 4) is 0 Å². The van der Waals surface area contributed by atoms with Gasteiger partial charge in [0.2, 0.25) is 0 Å². The largest absolute Gasteiger partial charge is 0.416 e. The van der Waals surface area contributed by atoms with Crippen molar-refractivity contribution in [2.75, 3.05) is 5.73 Å². The second-order valence-corrected chi connectivity index (χ2v) is 4.55. The van der Waals surface area contributed by atoms with Gasteiger partial charge in [-0.25, -0.2) is 9.97 Å². The lowest BCUT2D eigenvalue weighted by atomic mass is 10.1. The number of hydrogen-bond acceptors (Lipinski definition) is 4. The average Bonchev–Trinajstić information content (AvgIpc) is 2.89. The summed E-state index contributed by atoms with van der Waals surface area (Å²) in [5.74, 6) is 0.283. The number of nitrogens with zero attached hydrogens (tertiary/aromatic N) is 3. The first-order chi connectivity index (χ1) is 10.4. The first-order valence-corrected chi connectivity index (χ1v) is 6.25.